The maximum Gasteiger partial charge on any atom is 0.239 e. The normalized spacial score (nSPS) is 14.0. The van der Waals surface area contributed by atoms with Crippen LogP contribution in [0.2, 0.25) is 5.02 Å². The lowest BCUT2D eigenvalue weighted by Gasteiger charge is -2.11. The number of nitrogens with two attached hydrogens (primary N) is 1. The summed E-state index contributed by atoms with van der Waals surface area (Å²) in [6, 6.07) is 7.76. The van der Waals surface area contributed by atoms with Crippen LogP contribution in [0.25, 0.3) is 0 Å². The number of nitrogens with zero attached hydrogens (tertiary/aromatic N) is 1. The van der Waals surface area contributed by atoms with Gasteiger partial charge in [-0.1, -0.05) is 11.6 Å². The van der Waals surface area contributed by atoms with E-state index >= 15 is 0 Å². The Morgan fingerprint density at radius 3 is 2.86 bits per heavy atom. The van der Waals surface area contributed by atoms with Gasteiger partial charge in [-0.2, -0.15) is 4.98 Å². The van der Waals surface area contributed by atoms with E-state index in [0.717, 1.165) is 0 Å². The van der Waals surface area contributed by atoms with Crippen LogP contribution in [0.3, 0.4) is 0 Å². The quantitative estimate of drug-likeness (QED) is 0.877. The molecule has 1 fully saturated rings. The molecule has 0 bridgehead atoms. The van der Waals surface area contributed by atoms with Gasteiger partial charge in [-0.15, -0.1) is 0 Å². The van der Waals surface area contributed by atoms with Crippen LogP contribution >= 0.6 is 11.6 Å². The minimum Gasteiger partial charge on any atom is -0.476 e. The number of nitrogens with one attached hydrogen (secondary N) is 1. The molecule has 1 aliphatic carbocycles. The van der Waals surface area contributed by atoms with Gasteiger partial charge in [0, 0.05) is 5.02 Å². The molecule has 0 spiro atoms. The molecule has 0 radical (unpaired) electrons. The van der Waals surface area contributed by atoms with Crippen molar-refractivity contribution in [3.05, 3.63) is 41.2 Å². The second-order valence-electron chi connectivity index (χ2n) is 5.09. The first-order valence-electron chi connectivity index (χ1n) is 6.73. The van der Waals surface area contributed by atoms with Gasteiger partial charge in [0.1, 0.15) is 11.6 Å². The maximum absolute atomic E-state index is 13.7. The molecule has 2 aromatic rings. The highest BCUT2D eigenvalue weighted by atomic mass is 35.5. The van der Waals surface area contributed by atoms with Crippen LogP contribution < -0.4 is 15.8 Å². The van der Waals surface area contributed by atoms with Crippen molar-refractivity contribution >= 4 is 28.8 Å². The Hall–Kier alpha value is -2.01. The number of pyridine rings is 1. The number of anilines is 3. The summed E-state index contributed by atoms with van der Waals surface area (Å²) in [7, 11) is 0. The zero-order valence-corrected chi connectivity index (χ0v) is 12.0. The van der Waals surface area contributed by atoms with E-state index in [1.54, 1.807) is 24.3 Å². The molecular weight excluding hydrogens is 293 g/mol. The summed E-state index contributed by atoms with van der Waals surface area (Å²) in [5, 5.41) is 3.23. The molecule has 0 amide bonds. The molecule has 0 saturated heterocycles. The van der Waals surface area contributed by atoms with E-state index in [0.29, 0.717) is 40.6 Å². The average Bonchev–Trinajstić information content (AvgIpc) is 3.26. The SMILES string of the molecule is Nc1ccc(Nc2ccc(Cl)cc2F)nc1OCC1CC1. The van der Waals surface area contributed by atoms with E-state index in [4.69, 9.17) is 22.1 Å². The molecule has 1 aliphatic rings. The summed E-state index contributed by atoms with van der Waals surface area (Å²) in [5.41, 5.74) is 6.60. The number of halogens is 2. The molecule has 1 heterocycles. The Kier molecular flexibility index (Phi) is 3.84. The Balaban J connectivity index is 1.76. The van der Waals surface area contributed by atoms with E-state index in [2.05, 4.69) is 10.3 Å². The lowest BCUT2D eigenvalue weighted by atomic mass is 10.3. The predicted molar refractivity (Wildman–Crippen MR) is 81.6 cm³/mol. The Bertz CT molecular complexity index is 661. The molecule has 4 nitrogen and oxygen atoms in total. The third-order valence-corrected chi connectivity index (χ3v) is 3.47. The van der Waals surface area contributed by atoms with Gasteiger partial charge in [0.05, 0.1) is 18.0 Å². The number of ether oxygens (including phenoxy) is 1. The number of rotatable bonds is 5. The topological polar surface area (TPSA) is 60.2 Å². The van der Waals surface area contributed by atoms with Crippen molar-refractivity contribution in [2.45, 2.75) is 12.8 Å². The smallest absolute Gasteiger partial charge is 0.239 e. The van der Waals surface area contributed by atoms with E-state index < -0.39 is 5.82 Å². The number of aromatic nitrogens is 1. The van der Waals surface area contributed by atoms with Crippen LogP contribution in [0.1, 0.15) is 12.8 Å². The minimum absolute atomic E-state index is 0.296. The summed E-state index contributed by atoms with van der Waals surface area (Å²) in [6.45, 7) is 0.621. The highest BCUT2D eigenvalue weighted by Crippen LogP contribution is 2.31. The first-order valence-corrected chi connectivity index (χ1v) is 7.11. The minimum atomic E-state index is -0.443. The van der Waals surface area contributed by atoms with Gasteiger partial charge < -0.3 is 15.8 Å². The molecule has 1 aromatic carbocycles. The highest BCUT2D eigenvalue weighted by molar-refractivity contribution is 6.30. The molecule has 6 heteroatoms. The summed E-state index contributed by atoms with van der Waals surface area (Å²) in [5.74, 6) is 1.01. The van der Waals surface area contributed by atoms with Crippen molar-refractivity contribution in [1.82, 2.24) is 4.98 Å². The molecule has 3 N–H and O–H groups in total. The summed E-state index contributed by atoms with van der Waals surface area (Å²) in [6.07, 6.45) is 2.38. The molecule has 21 heavy (non-hydrogen) atoms. The van der Waals surface area contributed by atoms with Gasteiger partial charge in [-0.25, -0.2) is 4.39 Å². The van der Waals surface area contributed by atoms with Gasteiger partial charge in [0.2, 0.25) is 5.88 Å². The second-order valence-corrected chi connectivity index (χ2v) is 5.53. The fraction of sp³-hybridized carbons (Fsp3) is 0.267. The standard InChI is InChI=1S/C15H15ClFN3O/c16-10-3-5-13(11(17)7-10)19-14-6-4-12(18)15(20-14)21-8-9-1-2-9/h3-7,9H,1-2,8,18H2,(H,19,20). The largest absolute Gasteiger partial charge is 0.476 e. The van der Waals surface area contributed by atoms with Crippen LogP contribution in [0.15, 0.2) is 30.3 Å². The fourth-order valence-corrected chi connectivity index (χ4v) is 2.01. The van der Waals surface area contributed by atoms with E-state index in [9.17, 15) is 4.39 Å². The predicted octanol–water partition coefficient (Wildman–Crippen LogP) is 3.99. The van der Waals surface area contributed by atoms with Gasteiger partial charge in [0.25, 0.3) is 0 Å². The Morgan fingerprint density at radius 1 is 1.33 bits per heavy atom. The number of hydrogen-bond donors (Lipinski definition) is 2. The molecule has 0 aliphatic heterocycles. The van der Waals surface area contributed by atoms with E-state index in [1.807, 2.05) is 0 Å². The summed E-state index contributed by atoms with van der Waals surface area (Å²) >= 11 is 5.72. The van der Waals surface area contributed by atoms with Crippen molar-refractivity contribution < 1.29 is 9.13 Å². The maximum atomic E-state index is 13.7. The third-order valence-electron chi connectivity index (χ3n) is 3.24. The first-order chi connectivity index (χ1) is 10.1. The van der Waals surface area contributed by atoms with Crippen LogP contribution in [-0.2, 0) is 0 Å². The van der Waals surface area contributed by atoms with Gasteiger partial charge >= 0.3 is 0 Å². The first kappa shape index (κ1) is 13.9. The second kappa shape index (κ2) is 5.77. The lowest BCUT2D eigenvalue weighted by Crippen LogP contribution is -2.05. The van der Waals surface area contributed by atoms with E-state index in [-0.39, 0.29) is 0 Å². The highest BCUT2D eigenvalue weighted by Gasteiger charge is 2.22. The number of benzene rings is 1. The lowest BCUT2D eigenvalue weighted by molar-refractivity contribution is 0.290. The molecule has 1 aromatic heterocycles. The third kappa shape index (κ3) is 3.55. The van der Waals surface area contributed by atoms with Crippen molar-refractivity contribution in [3.63, 3.8) is 0 Å². The summed E-state index contributed by atoms with van der Waals surface area (Å²) in [4.78, 5) is 4.27. The molecule has 0 atom stereocenters. The monoisotopic (exact) mass is 307 g/mol. The number of hydrogen-bond acceptors (Lipinski definition) is 4. The van der Waals surface area contributed by atoms with Gasteiger partial charge in [0.15, 0.2) is 0 Å². The molecule has 1 saturated carbocycles. The molecule has 3 rings (SSSR count). The zero-order chi connectivity index (χ0) is 14.8. The van der Waals surface area contributed by atoms with Crippen molar-refractivity contribution in [3.8, 4) is 5.88 Å². The molecular formula is C15H15ClFN3O. The van der Waals surface area contributed by atoms with Crippen LogP contribution in [0, 0.1) is 11.7 Å². The summed E-state index contributed by atoms with van der Waals surface area (Å²) < 4.78 is 19.3. The van der Waals surface area contributed by atoms with Gasteiger partial charge in [-0.05, 0) is 49.1 Å². The van der Waals surface area contributed by atoms with Crippen molar-refractivity contribution in [2.75, 3.05) is 17.7 Å². The van der Waals surface area contributed by atoms with Crippen LogP contribution in [-0.4, -0.2) is 11.6 Å². The van der Waals surface area contributed by atoms with Crippen molar-refractivity contribution in [2.24, 2.45) is 5.92 Å². The Labute approximate surface area is 127 Å². The fourth-order valence-electron chi connectivity index (χ4n) is 1.85. The average molecular weight is 308 g/mol. The molecule has 0 unspecified atom stereocenters. The van der Waals surface area contributed by atoms with Gasteiger partial charge in [-0.3, -0.25) is 0 Å². The zero-order valence-electron chi connectivity index (χ0n) is 11.3. The molecule has 110 valence electrons. The van der Waals surface area contributed by atoms with E-state index in [1.165, 1.54) is 18.9 Å². The van der Waals surface area contributed by atoms with Crippen LogP contribution in [0.5, 0.6) is 5.88 Å². The van der Waals surface area contributed by atoms with Crippen molar-refractivity contribution in [1.29, 1.82) is 0 Å². The Morgan fingerprint density at radius 2 is 2.14 bits per heavy atom. The van der Waals surface area contributed by atoms with Crippen LogP contribution in [0.4, 0.5) is 21.6 Å². The number of nitrogen functional groups attached to an aromatic ring is 1.